The summed E-state index contributed by atoms with van der Waals surface area (Å²) in [4.78, 5) is 0. The van der Waals surface area contributed by atoms with Crippen LogP contribution in [0.3, 0.4) is 0 Å². The van der Waals surface area contributed by atoms with E-state index < -0.39 is 0 Å². The normalized spacial score (nSPS) is 36.5. The summed E-state index contributed by atoms with van der Waals surface area (Å²) in [7, 11) is 0. The Kier molecular flexibility index (Phi) is 3.38. The molecule has 17 heavy (non-hydrogen) atoms. The molecule has 0 N–H and O–H groups in total. The minimum absolute atomic E-state index is 0.448. The first-order valence-electron chi connectivity index (χ1n) is 6.90. The van der Waals surface area contributed by atoms with Gasteiger partial charge in [-0.15, -0.1) is 5.98 Å². The highest BCUT2D eigenvalue weighted by Crippen LogP contribution is 2.52. The second kappa shape index (κ2) is 4.51. The van der Waals surface area contributed by atoms with E-state index >= 15 is 0 Å². The van der Waals surface area contributed by atoms with Crippen molar-refractivity contribution < 1.29 is 0 Å². The Hall–Kier alpha value is -0.715. The summed E-state index contributed by atoms with van der Waals surface area (Å²) in [6.45, 7) is 11.7. The predicted octanol–water partition coefficient (Wildman–Crippen LogP) is 4.92. The van der Waals surface area contributed by atoms with E-state index in [2.05, 4.69) is 51.6 Å². The molecule has 0 nitrogen and oxygen atoms in total. The lowest BCUT2D eigenvalue weighted by Crippen LogP contribution is -2.41. The SMILES string of the molecule is C=C(C)C/C=C\B1CC2(C)C=CCC(C)(C1)C2. The maximum atomic E-state index is 3.96. The fourth-order valence-electron chi connectivity index (χ4n) is 3.93. The highest BCUT2D eigenvalue weighted by atomic mass is 14.4. The molecule has 1 saturated heterocycles. The van der Waals surface area contributed by atoms with Crippen LogP contribution in [0.15, 0.2) is 36.4 Å². The molecule has 0 aromatic heterocycles. The minimum Gasteiger partial charge on any atom is -0.119 e. The topological polar surface area (TPSA) is 0 Å². The third kappa shape index (κ3) is 3.15. The lowest BCUT2D eigenvalue weighted by Gasteiger charge is -2.48. The van der Waals surface area contributed by atoms with E-state index in [1.165, 1.54) is 31.1 Å². The monoisotopic (exact) mass is 228 g/mol. The molecule has 1 aliphatic heterocycles. The average Bonchev–Trinajstić information content (AvgIpc) is 2.13. The largest absolute Gasteiger partial charge is 0.167 e. The van der Waals surface area contributed by atoms with Crippen LogP contribution in [0.5, 0.6) is 0 Å². The van der Waals surface area contributed by atoms with Crippen molar-refractivity contribution in [2.75, 3.05) is 0 Å². The van der Waals surface area contributed by atoms with E-state index in [0.717, 1.165) is 13.1 Å². The molecule has 2 rings (SSSR count). The first kappa shape index (κ1) is 12.7. The van der Waals surface area contributed by atoms with Crippen molar-refractivity contribution in [2.45, 2.75) is 52.7 Å². The molecule has 0 radical (unpaired) electrons. The summed E-state index contributed by atoms with van der Waals surface area (Å²) in [5.74, 6) is 2.45. The quantitative estimate of drug-likeness (QED) is 0.475. The number of rotatable bonds is 3. The summed E-state index contributed by atoms with van der Waals surface area (Å²) in [6, 6.07) is 0. The molecule has 1 aliphatic carbocycles. The van der Waals surface area contributed by atoms with Gasteiger partial charge in [-0.3, -0.25) is 0 Å². The van der Waals surface area contributed by atoms with Crippen LogP contribution in [-0.4, -0.2) is 6.71 Å². The van der Waals surface area contributed by atoms with Gasteiger partial charge in [0.1, 0.15) is 0 Å². The molecule has 1 heterocycles. The van der Waals surface area contributed by atoms with Crippen molar-refractivity contribution in [1.82, 2.24) is 0 Å². The summed E-state index contributed by atoms with van der Waals surface area (Å²) < 4.78 is 0. The van der Waals surface area contributed by atoms with Crippen LogP contribution < -0.4 is 0 Å². The van der Waals surface area contributed by atoms with Crippen molar-refractivity contribution in [3.8, 4) is 0 Å². The van der Waals surface area contributed by atoms with Crippen molar-refractivity contribution in [3.05, 3.63) is 36.4 Å². The van der Waals surface area contributed by atoms with Gasteiger partial charge in [-0.2, -0.15) is 0 Å². The van der Waals surface area contributed by atoms with Gasteiger partial charge in [0.15, 0.2) is 6.71 Å². The van der Waals surface area contributed by atoms with Gasteiger partial charge in [-0.25, -0.2) is 0 Å². The fourth-order valence-corrected chi connectivity index (χ4v) is 3.93. The zero-order chi connectivity index (χ0) is 12.5. The average molecular weight is 228 g/mol. The van der Waals surface area contributed by atoms with E-state index in [-0.39, 0.29) is 0 Å². The molecule has 2 bridgehead atoms. The van der Waals surface area contributed by atoms with Crippen LogP contribution in [-0.2, 0) is 0 Å². The molecule has 1 heteroatoms. The fraction of sp³-hybridized carbons (Fsp3) is 0.625. The number of hydrogen-bond donors (Lipinski definition) is 0. The maximum absolute atomic E-state index is 3.96. The summed E-state index contributed by atoms with van der Waals surface area (Å²) in [6.07, 6.45) is 13.6. The number of allylic oxidation sites excluding steroid dienone is 4. The third-order valence-electron chi connectivity index (χ3n) is 4.32. The Morgan fingerprint density at radius 1 is 1.41 bits per heavy atom. The van der Waals surface area contributed by atoms with Gasteiger partial charge in [-0.1, -0.05) is 56.9 Å². The van der Waals surface area contributed by atoms with Crippen molar-refractivity contribution in [1.29, 1.82) is 0 Å². The summed E-state index contributed by atoms with van der Waals surface area (Å²) in [5, 5.41) is 0. The highest BCUT2D eigenvalue weighted by Gasteiger charge is 2.44. The molecule has 92 valence electrons. The van der Waals surface area contributed by atoms with Gasteiger partial charge in [-0.05, 0) is 37.0 Å². The van der Waals surface area contributed by atoms with Crippen LogP contribution in [0.4, 0.5) is 0 Å². The molecule has 0 spiro atoms. The van der Waals surface area contributed by atoms with Crippen LogP contribution in [0.2, 0.25) is 12.6 Å². The molecule has 2 atom stereocenters. The Bertz CT molecular complexity index is 366. The maximum Gasteiger partial charge on any atom is 0.167 e. The second-order valence-corrected chi connectivity index (χ2v) is 7.01. The van der Waals surface area contributed by atoms with Crippen molar-refractivity contribution >= 4 is 6.71 Å². The van der Waals surface area contributed by atoms with E-state index in [1.807, 2.05) is 0 Å². The van der Waals surface area contributed by atoms with Crippen LogP contribution >= 0.6 is 0 Å². The van der Waals surface area contributed by atoms with E-state index in [4.69, 9.17) is 0 Å². The smallest absolute Gasteiger partial charge is 0.119 e. The van der Waals surface area contributed by atoms with E-state index in [1.54, 1.807) is 0 Å². The third-order valence-corrected chi connectivity index (χ3v) is 4.32. The van der Waals surface area contributed by atoms with Crippen LogP contribution in [0.1, 0.15) is 40.0 Å². The zero-order valence-electron chi connectivity index (χ0n) is 11.6. The van der Waals surface area contributed by atoms with Crippen molar-refractivity contribution in [3.63, 3.8) is 0 Å². The number of fused-ring (bicyclic) bond motifs is 2. The van der Waals surface area contributed by atoms with Gasteiger partial charge < -0.3 is 0 Å². The summed E-state index contributed by atoms with van der Waals surface area (Å²) in [5.41, 5.74) is 2.25. The molecular weight excluding hydrogens is 203 g/mol. The number of hydrogen-bond acceptors (Lipinski definition) is 0. The highest BCUT2D eigenvalue weighted by molar-refractivity contribution is 6.64. The molecule has 2 unspecified atom stereocenters. The Labute approximate surface area is 107 Å². The predicted molar refractivity (Wildman–Crippen MR) is 78.5 cm³/mol. The van der Waals surface area contributed by atoms with Crippen LogP contribution in [0, 0.1) is 10.8 Å². The Balaban J connectivity index is 2.05. The molecule has 0 amide bonds. The van der Waals surface area contributed by atoms with Crippen LogP contribution in [0.25, 0.3) is 0 Å². The van der Waals surface area contributed by atoms with Gasteiger partial charge in [0.05, 0.1) is 0 Å². The standard InChI is InChI=1S/C16H25B/c1-14(2)7-5-10-17-12-15(3)8-6-9-16(4,11-15)13-17/h5-6,8,10H,1,7,9,11-13H2,2-4H3/b10-5-. The molecule has 0 saturated carbocycles. The minimum atomic E-state index is 0.448. The van der Waals surface area contributed by atoms with Gasteiger partial charge in [0.25, 0.3) is 0 Å². The lowest BCUT2D eigenvalue weighted by atomic mass is 9.31. The van der Waals surface area contributed by atoms with Gasteiger partial charge in [0.2, 0.25) is 0 Å². The molecule has 2 aliphatic rings. The van der Waals surface area contributed by atoms with Crippen molar-refractivity contribution in [2.24, 2.45) is 10.8 Å². The van der Waals surface area contributed by atoms with Gasteiger partial charge in [0, 0.05) is 0 Å². The molecule has 0 aromatic rings. The van der Waals surface area contributed by atoms with E-state index in [9.17, 15) is 0 Å². The van der Waals surface area contributed by atoms with Gasteiger partial charge >= 0.3 is 0 Å². The first-order valence-corrected chi connectivity index (χ1v) is 6.90. The Morgan fingerprint density at radius 2 is 2.18 bits per heavy atom. The Morgan fingerprint density at radius 3 is 2.82 bits per heavy atom. The second-order valence-electron chi connectivity index (χ2n) is 7.01. The molecule has 1 fully saturated rings. The molecule has 0 aromatic carbocycles. The first-order chi connectivity index (χ1) is 7.91. The van der Waals surface area contributed by atoms with E-state index in [0.29, 0.717) is 10.8 Å². The summed E-state index contributed by atoms with van der Waals surface area (Å²) >= 11 is 0. The zero-order valence-corrected chi connectivity index (χ0v) is 11.6. The molecular formula is C16H25B. The lowest BCUT2D eigenvalue weighted by molar-refractivity contribution is 0.203.